The number of rotatable bonds is 5. The molecule has 0 saturated carbocycles. The van der Waals surface area contributed by atoms with Gasteiger partial charge in [-0.15, -0.1) is 0 Å². The standard InChI is InChI=1S/C15H23NO2/c17-13-14-5-7-15(8-6-14)18-12-11-16-9-3-1-2-4-10-16/h5-8,17H,1-4,9-13H2/i11D2,12D2. The number of likely N-dealkylation sites (tertiary alicyclic amines) is 1. The van der Waals surface area contributed by atoms with Crippen LogP contribution in [0, 0.1) is 0 Å². The van der Waals surface area contributed by atoms with E-state index in [4.69, 9.17) is 15.3 Å². The minimum absolute atomic E-state index is 0.0955. The van der Waals surface area contributed by atoms with Crippen LogP contribution in [0.1, 0.15) is 36.7 Å². The first-order valence-corrected chi connectivity index (χ1v) is 6.51. The summed E-state index contributed by atoms with van der Waals surface area (Å²) in [6, 6.07) is 6.35. The van der Waals surface area contributed by atoms with Gasteiger partial charge in [-0.2, -0.15) is 0 Å². The Labute approximate surface area is 115 Å². The van der Waals surface area contributed by atoms with Gasteiger partial charge in [0.1, 0.15) is 12.3 Å². The van der Waals surface area contributed by atoms with Crippen molar-refractivity contribution in [1.29, 1.82) is 0 Å². The zero-order valence-corrected chi connectivity index (χ0v) is 10.6. The van der Waals surface area contributed by atoms with Gasteiger partial charge in [0, 0.05) is 9.24 Å². The SMILES string of the molecule is [2H]C([2H])(Oc1ccc(CO)cc1)C([2H])([2H])N1CCCCCC1. The Morgan fingerprint density at radius 1 is 1.11 bits per heavy atom. The molecule has 0 spiro atoms. The molecule has 2 rings (SSSR count). The summed E-state index contributed by atoms with van der Waals surface area (Å²) in [5.74, 6) is 0.251. The van der Waals surface area contributed by atoms with Gasteiger partial charge in [0.05, 0.1) is 9.35 Å². The first-order valence-electron chi connectivity index (χ1n) is 8.51. The summed E-state index contributed by atoms with van der Waals surface area (Å²) in [5, 5.41) is 9.01. The summed E-state index contributed by atoms with van der Waals surface area (Å²) in [4.78, 5) is 1.54. The highest BCUT2D eigenvalue weighted by molar-refractivity contribution is 5.26. The Hall–Kier alpha value is -1.06. The van der Waals surface area contributed by atoms with E-state index in [1.54, 1.807) is 29.2 Å². The molecule has 18 heavy (non-hydrogen) atoms. The zero-order valence-electron chi connectivity index (χ0n) is 14.6. The Balaban J connectivity index is 2.11. The molecule has 0 aliphatic carbocycles. The van der Waals surface area contributed by atoms with Crippen LogP contribution in [-0.4, -0.2) is 36.2 Å². The molecular formula is C15H23NO2. The van der Waals surface area contributed by atoms with E-state index in [0.717, 1.165) is 25.7 Å². The Morgan fingerprint density at radius 3 is 2.39 bits per heavy atom. The minimum Gasteiger partial charge on any atom is -0.492 e. The van der Waals surface area contributed by atoms with E-state index in [-0.39, 0.29) is 12.4 Å². The van der Waals surface area contributed by atoms with E-state index in [9.17, 15) is 0 Å². The lowest BCUT2D eigenvalue weighted by atomic mass is 10.2. The maximum absolute atomic E-state index is 9.01. The average Bonchev–Trinajstić information content (AvgIpc) is 2.77. The molecule has 0 unspecified atom stereocenters. The molecule has 1 aliphatic rings. The van der Waals surface area contributed by atoms with Crippen molar-refractivity contribution in [3.63, 3.8) is 0 Å². The number of nitrogens with zero attached hydrogens (tertiary/aromatic N) is 1. The average molecular weight is 253 g/mol. The molecule has 0 radical (unpaired) electrons. The van der Waals surface area contributed by atoms with Gasteiger partial charge in [0.15, 0.2) is 0 Å². The van der Waals surface area contributed by atoms with Crippen LogP contribution in [0.15, 0.2) is 24.3 Å². The van der Waals surface area contributed by atoms with Crippen molar-refractivity contribution >= 4 is 0 Å². The molecule has 1 aromatic rings. The van der Waals surface area contributed by atoms with Crippen molar-refractivity contribution in [3.05, 3.63) is 29.8 Å². The molecule has 1 aromatic carbocycles. The van der Waals surface area contributed by atoms with Crippen LogP contribution < -0.4 is 4.74 Å². The highest BCUT2D eigenvalue weighted by Gasteiger charge is 2.08. The lowest BCUT2D eigenvalue weighted by Gasteiger charge is -2.19. The normalized spacial score (nSPS) is 22.3. The Bertz CT molecular complexity index is 471. The number of hydrogen-bond donors (Lipinski definition) is 1. The number of aliphatic hydroxyl groups is 1. The second-order valence-electron chi connectivity index (χ2n) is 4.52. The third-order valence-corrected chi connectivity index (χ3v) is 3.08. The summed E-state index contributed by atoms with van der Waals surface area (Å²) < 4.78 is 37.8. The van der Waals surface area contributed by atoms with Gasteiger partial charge in [-0.3, -0.25) is 4.90 Å². The van der Waals surface area contributed by atoms with Gasteiger partial charge >= 0.3 is 0 Å². The second kappa shape index (κ2) is 7.39. The smallest absolute Gasteiger partial charge is 0.119 e. The highest BCUT2D eigenvalue weighted by atomic mass is 16.5. The van der Waals surface area contributed by atoms with Crippen LogP contribution in [0.25, 0.3) is 0 Å². The Kier molecular flexibility index (Phi) is 3.67. The third kappa shape index (κ3) is 4.31. The topological polar surface area (TPSA) is 32.7 Å². The molecule has 1 fully saturated rings. The van der Waals surface area contributed by atoms with Gasteiger partial charge in [-0.25, -0.2) is 0 Å². The molecule has 0 atom stereocenters. The zero-order chi connectivity index (χ0) is 16.2. The predicted molar refractivity (Wildman–Crippen MR) is 72.8 cm³/mol. The number of aliphatic hydroxyl groups excluding tert-OH is 1. The maximum Gasteiger partial charge on any atom is 0.119 e. The molecule has 0 aromatic heterocycles. The fourth-order valence-electron chi connectivity index (χ4n) is 1.99. The first kappa shape index (κ1) is 8.94. The molecule has 3 nitrogen and oxygen atoms in total. The molecule has 1 heterocycles. The van der Waals surface area contributed by atoms with Crippen molar-refractivity contribution in [1.82, 2.24) is 4.90 Å². The highest BCUT2D eigenvalue weighted by Crippen LogP contribution is 2.13. The van der Waals surface area contributed by atoms with Crippen molar-refractivity contribution in [2.45, 2.75) is 32.3 Å². The molecule has 1 saturated heterocycles. The fourth-order valence-corrected chi connectivity index (χ4v) is 1.99. The molecule has 1 N–H and O–H groups in total. The largest absolute Gasteiger partial charge is 0.492 e. The van der Waals surface area contributed by atoms with Crippen LogP contribution in [0.4, 0.5) is 0 Å². The van der Waals surface area contributed by atoms with Crippen molar-refractivity contribution in [3.8, 4) is 5.75 Å². The van der Waals surface area contributed by atoms with E-state index in [1.807, 2.05) is 0 Å². The molecule has 0 amide bonds. The molecule has 1 aliphatic heterocycles. The first-order chi connectivity index (χ1) is 10.4. The van der Waals surface area contributed by atoms with E-state index in [0.29, 0.717) is 18.7 Å². The number of benzene rings is 1. The maximum atomic E-state index is 9.01. The van der Waals surface area contributed by atoms with Crippen LogP contribution >= 0.6 is 0 Å². The van der Waals surface area contributed by atoms with Gasteiger partial charge in [-0.05, 0) is 43.6 Å². The molecule has 0 bridgehead atoms. The van der Waals surface area contributed by atoms with Gasteiger partial charge < -0.3 is 9.84 Å². The monoisotopic (exact) mass is 253 g/mol. The van der Waals surface area contributed by atoms with E-state index in [1.165, 1.54) is 0 Å². The Morgan fingerprint density at radius 2 is 1.78 bits per heavy atom. The van der Waals surface area contributed by atoms with Crippen LogP contribution in [0.5, 0.6) is 5.75 Å². The van der Waals surface area contributed by atoms with Crippen molar-refractivity contribution in [2.24, 2.45) is 0 Å². The second-order valence-corrected chi connectivity index (χ2v) is 4.52. The summed E-state index contributed by atoms with van der Waals surface area (Å²) in [5.41, 5.74) is 0.698. The van der Waals surface area contributed by atoms with Gasteiger partial charge in [-0.1, -0.05) is 25.0 Å². The lowest BCUT2D eigenvalue weighted by molar-refractivity contribution is 0.214. The number of hydrogen-bond acceptors (Lipinski definition) is 3. The van der Waals surface area contributed by atoms with E-state index in [2.05, 4.69) is 0 Å². The molecule has 3 heteroatoms. The van der Waals surface area contributed by atoms with Crippen LogP contribution in [0.3, 0.4) is 0 Å². The van der Waals surface area contributed by atoms with Crippen molar-refractivity contribution in [2.75, 3.05) is 26.1 Å². The summed E-state index contributed by atoms with van der Waals surface area (Å²) in [7, 11) is 0. The summed E-state index contributed by atoms with van der Waals surface area (Å²) in [6.45, 7) is -3.68. The third-order valence-electron chi connectivity index (χ3n) is 3.08. The van der Waals surface area contributed by atoms with E-state index < -0.39 is 13.1 Å². The fraction of sp³-hybridized carbons (Fsp3) is 0.600. The van der Waals surface area contributed by atoms with Crippen molar-refractivity contribution < 1.29 is 15.3 Å². The van der Waals surface area contributed by atoms with Crippen LogP contribution in [-0.2, 0) is 6.61 Å². The van der Waals surface area contributed by atoms with Crippen LogP contribution in [0.2, 0.25) is 0 Å². The number of ether oxygens (including phenoxy) is 1. The summed E-state index contributed by atoms with van der Waals surface area (Å²) >= 11 is 0. The summed E-state index contributed by atoms with van der Waals surface area (Å²) in [6.07, 6.45) is 3.86. The molecule has 100 valence electrons. The lowest BCUT2D eigenvalue weighted by Crippen LogP contribution is -2.29. The van der Waals surface area contributed by atoms with E-state index >= 15 is 0 Å². The predicted octanol–water partition coefficient (Wildman–Crippen LogP) is 2.43. The molecular weight excluding hydrogens is 226 g/mol. The quantitative estimate of drug-likeness (QED) is 0.875. The minimum atomic E-state index is -2.46. The van der Waals surface area contributed by atoms with Gasteiger partial charge in [0.25, 0.3) is 0 Å². The van der Waals surface area contributed by atoms with Gasteiger partial charge in [0.2, 0.25) is 0 Å².